The van der Waals surface area contributed by atoms with Crippen LogP contribution in [-0.4, -0.2) is 52.7 Å². The average molecular weight is 318 g/mol. The van der Waals surface area contributed by atoms with E-state index in [1.165, 1.54) is 6.07 Å². The van der Waals surface area contributed by atoms with Crippen LogP contribution in [-0.2, 0) is 0 Å². The molecular weight excluding hydrogens is 295 g/mol. The first-order valence-electron chi connectivity index (χ1n) is 8.15. The highest BCUT2D eigenvalue weighted by Crippen LogP contribution is 2.24. The van der Waals surface area contributed by atoms with Gasteiger partial charge in [-0.15, -0.1) is 0 Å². The van der Waals surface area contributed by atoms with Gasteiger partial charge in [0.15, 0.2) is 0 Å². The number of hydrogen-bond donors (Lipinski definition) is 0. The summed E-state index contributed by atoms with van der Waals surface area (Å²) in [5.74, 6) is 0.911. The smallest absolute Gasteiger partial charge is 0.244 e. The summed E-state index contributed by atoms with van der Waals surface area (Å²) in [5, 5.41) is 4.06. The second kappa shape index (κ2) is 6.76. The molecule has 3 rings (SSSR count). The lowest BCUT2D eigenvalue weighted by Crippen LogP contribution is -2.46. The molecule has 5 nitrogen and oxygen atoms in total. The van der Waals surface area contributed by atoms with Gasteiger partial charge in [0.2, 0.25) is 11.7 Å². The Hall–Kier alpha value is -1.79. The van der Waals surface area contributed by atoms with E-state index in [1.54, 1.807) is 19.1 Å². The Morgan fingerprint density at radius 2 is 2.00 bits per heavy atom. The van der Waals surface area contributed by atoms with E-state index in [9.17, 15) is 4.39 Å². The molecular formula is C17H23FN4O. The minimum absolute atomic E-state index is 0.0943. The van der Waals surface area contributed by atoms with Gasteiger partial charge in [-0.1, -0.05) is 12.1 Å². The predicted molar refractivity (Wildman–Crippen MR) is 86.5 cm³/mol. The van der Waals surface area contributed by atoms with Crippen molar-refractivity contribution >= 4 is 0 Å². The first-order chi connectivity index (χ1) is 11.1. The molecule has 2 heterocycles. The minimum atomic E-state index is -0.223. The Kier molecular flexibility index (Phi) is 4.73. The number of hydrogen-bond acceptors (Lipinski definition) is 5. The van der Waals surface area contributed by atoms with Crippen LogP contribution in [0.2, 0.25) is 0 Å². The van der Waals surface area contributed by atoms with E-state index in [4.69, 9.17) is 4.52 Å². The molecule has 0 amide bonds. The summed E-state index contributed by atoms with van der Waals surface area (Å²) < 4.78 is 18.8. The zero-order chi connectivity index (χ0) is 16.4. The van der Waals surface area contributed by atoms with Crippen molar-refractivity contribution in [1.82, 2.24) is 19.9 Å². The van der Waals surface area contributed by atoms with Crippen molar-refractivity contribution in [3.8, 4) is 11.4 Å². The molecule has 1 atom stereocenters. The van der Waals surface area contributed by atoms with E-state index in [1.807, 2.05) is 0 Å². The molecule has 1 aromatic heterocycles. The molecule has 0 spiro atoms. The second-order valence-corrected chi connectivity index (χ2v) is 6.07. The first kappa shape index (κ1) is 16.1. The molecule has 1 fully saturated rings. The van der Waals surface area contributed by atoms with Crippen molar-refractivity contribution in [2.24, 2.45) is 0 Å². The Balaban J connectivity index is 1.72. The van der Waals surface area contributed by atoms with Crippen LogP contribution >= 0.6 is 0 Å². The molecule has 124 valence electrons. The summed E-state index contributed by atoms with van der Waals surface area (Å²) in [4.78, 5) is 9.30. The van der Waals surface area contributed by atoms with E-state index in [-0.39, 0.29) is 11.9 Å². The summed E-state index contributed by atoms with van der Waals surface area (Å²) in [6, 6.07) is 4.96. The largest absolute Gasteiger partial charge is 0.337 e. The van der Waals surface area contributed by atoms with Gasteiger partial charge in [-0.2, -0.15) is 4.98 Å². The van der Waals surface area contributed by atoms with Crippen molar-refractivity contribution in [2.45, 2.75) is 26.8 Å². The third-order valence-corrected chi connectivity index (χ3v) is 4.62. The lowest BCUT2D eigenvalue weighted by molar-refractivity contribution is 0.0914. The lowest BCUT2D eigenvalue weighted by atomic mass is 10.1. The number of benzene rings is 1. The lowest BCUT2D eigenvalue weighted by Gasteiger charge is -2.36. The molecule has 2 aromatic rings. The number of nitrogens with zero attached hydrogens (tertiary/aromatic N) is 4. The van der Waals surface area contributed by atoms with E-state index in [2.05, 4.69) is 33.8 Å². The van der Waals surface area contributed by atoms with Crippen molar-refractivity contribution in [3.63, 3.8) is 0 Å². The number of piperazine rings is 1. The molecule has 1 aromatic carbocycles. The molecule has 0 bridgehead atoms. The fourth-order valence-corrected chi connectivity index (χ4v) is 2.93. The van der Waals surface area contributed by atoms with Crippen LogP contribution in [0.4, 0.5) is 4.39 Å². The SMILES string of the molecule is CCN1CCN(C(C)c2nc(-c3ccc(F)c(C)c3)no2)CC1. The summed E-state index contributed by atoms with van der Waals surface area (Å²) in [6.45, 7) is 11.2. The number of rotatable bonds is 4. The number of aromatic nitrogens is 2. The zero-order valence-electron chi connectivity index (χ0n) is 13.9. The highest BCUT2D eigenvalue weighted by molar-refractivity contribution is 5.55. The van der Waals surface area contributed by atoms with Gasteiger partial charge in [-0.05, 0) is 44.2 Å². The van der Waals surface area contributed by atoms with Gasteiger partial charge >= 0.3 is 0 Å². The Labute approximate surface area is 136 Å². The van der Waals surface area contributed by atoms with Crippen LogP contribution in [0.15, 0.2) is 22.7 Å². The van der Waals surface area contributed by atoms with Gasteiger partial charge < -0.3 is 9.42 Å². The second-order valence-electron chi connectivity index (χ2n) is 6.07. The molecule has 0 N–H and O–H groups in total. The zero-order valence-corrected chi connectivity index (χ0v) is 13.9. The Morgan fingerprint density at radius 1 is 1.26 bits per heavy atom. The van der Waals surface area contributed by atoms with Crippen LogP contribution < -0.4 is 0 Å². The quantitative estimate of drug-likeness (QED) is 0.867. The molecule has 1 aliphatic rings. The van der Waals surface area contributed by atoms with Gasteiger partial charge in [0.05, 0.1) is 6.04 Å². The van der Waals surface area contributed by atoms with E-state index >= 15 is 0 Å². The van der Waals surface area contributed by atoms with Gasteiger partial charge in [0.25, 0.3) is 0 Å². The highest BCUT2D eigenvalue weighted by atomic mass is 19.1. The third-order valence-electron chi connectivity index (χ3n) is 4.62. The number of halogens is 1. The topological polar surface area (TPSA) is 45.4 Å². The number of likely N-dealkylation sites (N-methyl/N-ethyl adjacent to an activating group) is 1. The van der Waals surface area contributed by atoms with E-state index < -0.39 is 0 Å². The van der Waals surface area contributed by atoms with Gasteiger partial charge in [0.1, 0.15) is 5.82 Å². The maximum Gasteiger partial charge on any atom is 0.244 e. The monoisotopic (exact) mass is 318 g/mol. The van der Waals surface area contributed by atoms with Gasteiger partial charge in [0, 0.05) is 31.7 Å². The minimum Gasteiger partial charge on any atom is -0.337 e. The van der Waals surface area contributed by atoms with E-state index in [0.29, 0.717) is 17.3 Å². The molecule has 0 radical (unpaired) electrons. The molecule has 6 heteroatoms. The summed E-state index contributed by atoms with van der Waals surface area (Å²) in [5.41, 5.74) is 1.36. The van der Waals surface area contributed by atoms with Crippen LogP contribution in [0.3, 0.4) is 0 Å². The first-order valence-corrected chi connectivity index (χ1v) is 8.15. The fourth-order valence-electron chi connectivity index (χ4n) is 2.93. The molecule has 0 saturated carbocycles. The fraction of sp³-hybridized carbons (Fsp3) is 0.529. The van der Waals surface area contributed by atoms with Crippen molar-refractivity contribution in [1.29, 1.82) is 0 Å². The summed E-state index contributed by atoms with van der Waals surface area (Å²) in [7, 11) is 0. The Morgan fingerprint density at radius 3 is 2.65 bits per heavy atom. The maximum absolute atomic E-state index is 13.4. The van der Waals surface area contributed by atoms with Crippen LogP contribution in [0.5, 0.6) is 0 Å². The summed E-state index contributed by atoms with van der Waals surface area (Å²) in [6.07, 6.45) is 0. The van der Waals surface area contributed by atoms with Gasteiger partial charge in [-0.25, -0.2) is 4.39 Å². The molecule has 0 aliphatic carbocycles. The maximum atomic E-state index is 13.4. The third kappa shape index (κ3) is 3.43. The summed E-state index contributed by atoms with van der Waals surface area (Å²) >= 11 is 0. The van der Waals surface area contributed by atoms with E-state index in [0.717, 1.165) is 38.3 Å². The Bertz CT molecular complexity index is 664. The molecule has 1 aliphatic heterocycles. The molecule has 1 unspecified atom stereocenters. The van der Waals surface area contributed by atoms with Crippen molar-refractivity contribution in [2.75, 3.05) is 32.7 Å². The standard InChI is InChI=1S/C17H23FN4O/c1-4-21-7-9-22(10-8-21)13(3)17-19-16(20-23-17)14-5-6-15(18)12(2)11-14/h5-6,11,13H,4,7-10H2,1-3H3. The van der Waals surface area contributed by atoms with Gasteiger partial charge in [-0.3, -0.25) is 4.90 Å². The van der Waals surface area contributed by atoms with Crippen LogP contribution in [0.25, 0.3) is 11.4 Å². The molecule has 23 heavy (non-hydrogen) atoms. The van der Waals surface area contributed by atoms with Crippen molar-refractivity contribution in [3.05, 3.63) is 35.5 Å². The van der Waals surface area contributed by atoms with Crippen LogP contribution in [0.1, 0.15) is 31.3 Å². The number of aryl methyl sites for hydroxylation is 1. The normalized spacial score (nSPS) is 18.3. The highest BCUT2D eigenvalue weighted by Gasteiger charge is 2.25. The molecule has 1 saturated heterocycles. The van der Waals surface area contributed by atoms with Crippen LogP contribution in [0, 0.1) is 12.7 Å². The van der Waals surface area contributed by atoms with Crippen molar-refractivity contribution < 1.29 is 8.91 Å². The predicted octanol–water partition coefficient (Wildman–Crippen LogP) is 2.88. The average Bonchev–Trinajstić information content (AvgIpc) is 3.07.